The molecule has 0 spiro atoms. The van der Waals surface area contributed by atoms with Crippen LogP contribution in [0.25, 0.3) is 5.65 Å². The number of rotatable bonds is 8. The van der Waals surface area contributed by atoms with Crippen molar-refractivity contribution in [3.05, 3.63) is 76.7 Å². The van der Waals surface area contributed by atoms with Crippen LogP contribution in [0.1, 0.15) is 73.3 Å². The standard InChI is InChI=1S/C29H34ClN7O/c1-18-12-29(13-18,28-35-33-17-36(28)3)22-8-5-9-23(11-22)34-27(38)24-10-20(14-31-19(2)21-6-4-7-21)16-37-25(30)15-32-26(24)37/h5,8-11,15-19,21,31H,4,6-7,12-14H2,1-3H3,(H,34,38)/t18?,19-,29?/m0/s1. The number of carbonyl (C=O) groups is 1. The van der Waals surface area contributed by atoms with E-state index in [4.69, 9.17) is 11.6 Å². The number of hydrogen-bond acceptors (Lipinski definition) is 5. The van der Waals surface area contributed by atoms with Crippen LogP contribution in [0.15, 0.2) is 49.1 Å². The molecule has 9 heteroatoms. The van der Waals surface area contributed by atoms with E-state index in [1.807, 2.05) is 36.0 Å². The SMILES string of the molecule is CC1CC(c2cccc(NC(=O)c3cc(CN[C@@H](C)C4CCC4)cn4c(Cl)cnc34)c2)(c2nncn2C)C1. The monoisotopic (exact) mass is 531 g/mol. The van der Waals surface area contributed by atoms with E-state index >= 15 is 0 Å². The molecule has 0 bridgehead atoms. The number of aromatic nitrogens is 5. The van der Waals surface area contributed by atoms with Gasteiger partial charge in [-0.25, -0.2) is 4.98 Å². The molecule has 1 atom stereocenters. The molecule has 0 radical (unpaired) electrons. The van der Waals surface area contributed by atoms with Crippen molar-refractivity contribution in [3.8, 4) is 0 Å². The minimum absolute atomic E-state index is 0.196. The van der Waals surface area contributed by atoms with Crippen molar-refractivity contribution in [1.29, 1.82) is 0 Å². The molecule has 198 valence electrons. The second-order valence-corrected chi connectivity index (χ2v) is 11.7. The number of carbonyl (C=O) groups excluding carboxylic acids is 1. The summed E-state index contributed by atoms with van der Waals surface area (Å²) in [5, 5.41) is 15.8. The molecule has 1 aromatic carbocycles. The summed E-state index contributed by atoms with van der Waals surface area (Å²) in [7, 11) is 1.99. The maximum atomic E-state index is 13.6. The fourth-order valence-electron chi connectivity index (χ4n) is 6.25. The van der Waals surface area contributed by atoms with E-state index in [9.17, 15) is 4.79 Å². The van der Waals surface area contributed by atoms with Gasteiger partial charge in [0.15, 0.2) is 5.65 Å². The molecule has 8 nitrogen and oxygen atoms in total. The molecule has 3 heterocycles. The highest BCUT2D eigenvalue weighted by atomic mass is 35.5. The van der Waals surface area contributed by atoms with Gasteiger partial charge in [0.25, 0.3) is 5.91 Å². The van der Waals surface area contributed by atoms with Gasteiger partial charge in [-0.15, -0.1) is 10.2 Å². The minimum Gasteiger partial charge on any atom is -0.322 e. The number of anilines is 1. The van der Waals surface area contributed by atoms with Gasteiger partial charge in [0.1, 0.15) is 17.3 Å². The minimum atomic E-state index is -0.210. The van der Waals surface area contributed by atoms with Gasteiger partial charge in [-0.2, -0.15) is 0 Å². The number of nitrogens with zero attached hydrogens (tertiary/aromatic N) is 5. The van der Waals surface area contributed by atoms with Gasteiger partial charge in [0.05, 0.1) is 17.2 Å². The molecule has 6 rings (SSSR count). The average molecular weight is 532 g/mol. The molecule has 2 aliphatic carbocycles. The predicted octanol–water partition coefficient (Wildman–Crippen LogP) is 5.36. The highest BCUT2D eigenvalue weighted by Crippen LogP contribution is 2.51. The molecule has 3 aromatic heterocycles. The van der Waals surface area contributed by atoms with Gasteiger partial charge in [0, 0.05) is 31.5 Å². The fourth-order valence-corrected chi connectivity index (χ4v) is 6.43. The fraction of sp³-hybridized carbons (Fsp3) is 0.448. The van der Waals surface area contributed by atoms with Crippen LogP contribution in [0.5, 0.6) is 0 Å². The van der Waals surface area contributed by atoms with E-state index in [-0.39, 0.29) is 11.3 Å². The Hall–Kier alpha value is -3.23. The van der Waals surface area contributed by atoms with Gasteiger partial charge in [0.2, 0.25) is 0 Å². The Morgan fingerprint density at radius 2 is 2.08 bits per heavy atom. The van der Waals surface area contributed by atoms with Crippen LogP contribution in [0.2, 0.25) is 5.15 Å². The average Bonchev–Trinajstić information content (AvgIpc) is 3.44. The molecule has 0 aliphatic heterocycles. The van der Waals surface area contributed by atoms with E-state index in [0.717, 1.165) is 41.4 Å². The maximum Gasteiger partial charge on any atom is 0.259 e. The molecule has 2 saturated carbocycles. The summed E-state index contributed by atoms with van der Waals surface area (Å²) in [6.45, 7) is 5.16. The van der Waals surface area contributed by atoms with Crippen molar-refractivity contribution >= 4 is 28.8 Å². The van der Waals surface area contributed by atoms with Crippen LogP contribution >= 0.6 is 11.6 Å². The van der Waals surface area contributed by atoms with E-state index in [2.05, 4.69) is 51.8 Å². The molecule has 4 aromatic rings. The van der Waals surface area contributed by atoms with Gasteiger partial charge < -0.3 is 15.2 Å². The molecule has 38 heavy (non-hydrogen) atoms. The summed E-state index contributed by atoms with van der Waals surface area (Å²) in [4.78, 5) is 18.0. The number of imidazole rings is 1. The lowest BCUT2D eigenvalue weighted by molar-refractivity contribution is 0.102. The largest absolute Gasteiger partial charge is 0.322 e. The van der Waals surface area contributed by atoms with Crippen molar-refractivity contribution in [3.63, 3.8) is 0 Å². The van der Waals surface area contributed by atoms with Crippen molar-refractivity contribution < 1.29 is 4.79 Å². The Morgan fingerprint density at radius 1 is 1.26 bits per heavy atom. The topological polar surface area (TPSA) is 89.1 Å². The normalized spacial score (nSPS) is 22.2. The van der Waals surface area contributed by atoms with Crippen LogP contribution in [0.4, 0.5) is 5.69 Å². The zero-order valence-electron chi connectivity index (χ0n) is 22.1. The highest BCUT2D eigenvalue weighted by molar-refractivity contribution is 6.30. The van der Waals surface area contributed by atoms with Crippen LogP contribution in [-0.2, 0) is 19.0 Å². The molecular formula is C29H34ClN7O. The first-order chi connectivity index (χ1) is 18.3. The third kappa shape index (κ3) is 4.39. The molecule has 1 amide bonds. The molecule has 0 unspecified atom stereocenters. The van der Waals surface area contributed by atoms with Crippen molar-refractivity contribution in [1.82, 2.24) is 29.5 Å². The van der Waals surface area contributed by atoms with Crippen LogP contribution in [0, 0.1) is 11.8 Å². The lowest BCUT2D eigenvalue weighted by Gasteiger charge is -2.46. The van der Waals surface area contributed by atoms with Gasteiger partial charge in [-0.05, 0) is 73.8 Å². The molecule has 0 saturated heterocycles. The zero-order chi connectivity index (χ0) is 26.4. The smallest absolute Gasteiger partial charge is 0.259 e. The Morgan fingerprint density at radius 3 is 2.76 bits per heavy atom. The Labute approximate surface area is 227 Å². The van der Waals surface area contributed by atoms with Crippen LogP contribution < -0.4 is 10.6 Å². The Bertz CT molecular complexity index is 1480. The third-order valence-corrected chi connectivity index (χ3v) is 8.83. The van der Waals surface area contributed by atoms with Gasteiger partial charge in [-0.1, -0.05) is 37.1 Å². The third-order valence-electron chi connectivity index (χ3n) is 8.55. The zero-order valence-corrected chi connectivity index (χ0v) is 22.9. The number of amides is 1. The second-order valence-electron chi connectivity index (χ2n) is 11.3. The number of nitrogens with one attached hydrogen (secondary N) is 2. The van der Waals surface area contributed by atoms with E-state index in [0.29, 0.717) is 34.9 Å². The van der Waals surface area contributed by atoms with E-state index in [1.54, 1.807) is 16.9 Å². The number of fused-ring (bicyclic) bond motifs is 1. The van der Waals surface area contributed by atoms with Crippen LogP contribution in [-0.4, -0.2) is 36.1 Å². The molecular weight excluding hydrogens is 498 g/mol. The number of halogens is 1. The Kier molecular flexibility index (Phi) is 6.48. The van der Waals surface area contributed by atoms with Crippen LogP contribution in [0.3, 0.4) is 0 Å². The highest BCUT2D eigenvalue weighted by Gasteiger charge is 2.48. The number of pyridine rings is 1. The first-order valence-corrected chi connectivity index (χ1v) is 13.9. The molecule has 2 N–H and O–H groups in total. The van der Waals surface area contributed by atoms with Crippen molar-refractivity contribution in [2.24, 2.45) is 18.9 Å². The summed E-state index contributed by atoms with van der Waals surface area (Å²) in [5.41, 5.74) is 3.72. The number of aryl methyl sites for hydroxylation is 1. The van der Waals surface area contributed by atoms with Crippen molar-refractivity contribution in [2.75, 3.05) is 5.32 Å². The number of benzene rings is 1. The second kappa shape index (κ2) is 9.82. The van der Waals surface area contributed by atoms with E-state index < -0.39 is 0 Å². The lowest BCUT2D eigenvalue weighted by Crippen LogP contribution is -2.43. The summed E-state index contributed by atoms with van der Waals surface area (Å²) in [5.74, 6) is 2.09. The molecule has 2 aliphatic rings. The first-order valence-electron chi connectivity index (χ1n) is 13.5. The summed E-state index contributed by atoms with van der Waals surface area (Å²) >= 11 is 6.43. The van der Waals surface area contributed by atoms with Gasteiger partial charge in [-0.3, -0.25) is 9.20 Å². The summed E-state index contributed by atoms with van der Waals surface area (Å²) < 4.78 is 3.79. The first kappa shape index (κ1) is 25.1. The number of hydrogen-bond donors (Lipinski definition) is 2. The van der Waals surface area contributed by atoms with Gasteiger partial charge >= 0.3 is 0 Å². The summed E-state index contributed by atoms with van der Waals surface area (Å²) in [6.07, 6.45) is 11.2. The quantitative estimate of drug-likeness (QED) is 0.319. The lowest BCUT2D eigenvalue weighted by atomic mass is 9.58. The Balaban J connectivity index is 1.27. The van der Waals surface area contributed by atoms with E-state index in [1.165, 1.54) is 19.3 Å². The predicted molar refractivity (Wildman–Crippen MR) is 148 cm³/mol. The maximum absolute atomic E-state index is 13.6. The molecule has 2 fully saturated rings. The van der Waals surface area contributed by atoms with Crippen molar-refractivity contribution in [2.45, 2.75) is 64.0 Å². The summed E-state index contributed by atoms with van der Waals surface area (Å²) in [6, 6.07) is 10.5.